The average molecular weight is 229 g/mol. The standard InChI is InChI=1S/C12H19ClNO/c1-14(2,3)8-9-15-12-6-4-11(10-13)5-7-12/h4-7H,8-10H2,1-3H3/q+1. The third-order valence-electron chi connectivity index (χ3n) is 2.11. The highest BCUT2D eigenvalue weighted by Gasteiger charge is 2.06. The molecule has 0 fully saturated rings. The Morgan fingerprint density at radius 1 is 1.13 bits per heavy atom. The number of ether oxygens (including phenoxy) is 1. The molecular formula is C12H19ClNO+. The highest BCUT2D eigenvalue weighted by molar-refractivity contribution is 6.17. The van der Waals surface area contributed by atoms with Crippen LogP contribution in [0, 0.1) is 0 Å². The fourth-order valence-electron chi connectivity index (χ4n) is 1.11. The molecule has 15 heavy (non-hydrogen) atoms. The summed E-state index contributed by atoms with van der Waals surface area (Å²) >= 11 is 5.70. The van der Waals surface area contributed by atoms with Crippen LogP contribution in [0.2, 0.25) is 0 Å². The van der Waals surface area contributed by atoms with Crippen molar-refractivity contribution in [3.05, 3.63) is 29.8 Å². The molecule has 0 aliphatic carbocycles. The van der Waals surface area contributed by atoms with E-state index in [2.05, 4.69) is 21.1 Å². The van der Waals surface area contributed by atoms with E-state index in [4.69, 9.17) is 16.3 Å². The molecule has 0 aliphatic rings. The van der Waals surface area contributed by atoms with E-state index in [9.17, 15) is 0 Å². The van der Waals surface area contributed by atoms with Crippen LogP contribution in [0.25, 0.3) is 0 Å². The summed E-state index contributed by atoms with van der Waals surface area (Å²) in [5.41, 5.74) is 1.12. The summed E-state index contributed by atoms with van der Waals surface area (Å²) in [6, 6.07) is 7.92. The Bertz CT molecular complexity index is 289. The van der Waals surface area contributed by atoms with Gasteiger partial charge in [0.15, 0.2) is 0 Å². The third kappa shape index (κ3) is 5.05. The van der Waals surface area contributed by atoms with E-state index in [0.717, 1.165) is 28.9 Å². The van der Waals surface area contributed by atoms with Crippen LogP contribution in [-0.4, -0.2) is 38.8 Å². The predicted molar refractivity (Wildman–Crippen MR) is 64.4 cm³/mol. The zero-order valence-electron chi connectivity index (χ0n) is 9.66. The SMILES string of the molecule is C[N+](C)(C)CCOc1ccc(CCl)cc1. The molecule has 1 aromatic rings. The molecule has 1 aromatic carbocycles. The Labute approximate surface area is 97.0 Å². The third-order valence-corrected chi connectivity index (χ3v) is 2.42. The Balaban J connectivity index is 2.38. The lowest BCUT2D eigenvalue weighted by Crippen LogP contribution is -2.38. The second kappa shape index (κ2) is 5.38. The zero-order chi connectivity index (χ0) is 11.3. The van der Waals surface area contributed by atoms with E-state index in [-0.39, 0.29) is 0 Å². The maximum absolute atomic E-state index is 5.70. The van der Waals surface area contributed by atoms with Crippen molar-refractivity contribution < 1.29 is 9.22 Å². The topological polar surface area (TPSA) is 9.23 Å². The van der Waals surface area contributed by atoms with Crippen molar-refractivity contribution in [2.24, 2.45) is 0 Å². The number of hydrogen-bond acceptors (Lipinski definition) is 1. The molecule has 0 aliphatic heterocycles. The molecule has 84 valence electrons. The molecule has 2 nitrogen and oxygen atoms in total. The average Bonchev–Trinajstić information content (AvgIpc) is 2.17. The molecule has 0 radical (unpaired) electrons. The second-order valence-electron chi connectivity index (χ2n) is 4.64. The summed E-state index contributed by atoms with van der Waals surface area (Å²) in [6.45, 7) is 1.74. The van der Waals surface area contributed by atoms with Crippen LogP contribution in [0.4, 0.5) is 0 Å². The fourth-order valence-corrected chi connectivity index (χ4v) is 1.29. The van der Waals surface area contributed by atoms with Crippen molar-refractivity contribution in [1.29, 1.82) is 0 Å². The number of hydrogen-bond donors (Lipinski definition) is 0. The van der Waals surface area contributed by atoms with Gasteiger partial charge in [0.1, 0.15) is 18.9 Å². The van der Waals surface area contributed by atoms with Gasteiger partial charge in [-0.3, -0.25) is 0 Å². The minimum absolute atomic E-state index is 0.555. The first-order valence-electron chi connectivity index (χ1n) is 5.09. The number of rotatable bonds is 5. The smallest absolute Gasteiger partial charge is 0.137 e. The summed E-state index contributed by atoms with van der Waals surface area (Å²) in [5.74, 6) is 1.47. The molecule has 0 saturated carbocycles. The first-order valence-corrected chi connectivity index (χ1v) is 5.63. The van der Waals surface area contributed by atoms with E-state index in [1.165, 1.54) is 0 Å². The first-order chi connectivity index (χ1) is 7.01. The van der Waals surface area contributed by atoms with Crippen molar-refractivity contribution >= 4 is 11.6 Å². The van der Waals surface area contributed by atoms with Gasteiger partial charge >= 0.3 is 0 Å². The van der Waals surface area contributed by atoms with Gasteiger partial charge in [0, 0.05) is 5.88 Å². The van der Waals surface area contributed by atoms with Crippen molar-refractivity contribution in [3.63, 3.8) is 0 Å². The van der Waals surface area contributed by atoms with E-state index in [0.29, 0.717) is 5.88 Å². The van der Waals surface area contributed by atoms with E-state index in [1.807, 2.05) is 24.3 Å². The lowest BCUT2D eigenvalue weighted by molar-refractivity contribution is -0.870. The molecule has 0 unspecified atom stereocenters. The number of halogens is 1. The minimum atomic E-state index is 0.555. The molecule has 3 heteroatoms. The van der Waals surface area contributed by atoms with E-state index in [1.54, 1.807) is 0 Å². The molecule has 0 saturated heterocycles. The maximum Gasteiger partial charge on any atom is 0.137 e. The van der Waals surface area contributed by atoms with Crippen molar-refractivity contribution in [1.82, 2.24) is 0 Å². The summed E-state index contributed by atoms with van der Waals surface area (Å²) in [4.78, 5) is 0. The van der Waals surface area contributed by atoms with Crippen LogP contribution in [-0.2, 0) is 5.88 Å². The number of nitrogens with zero attached hydrogens (tertiary/aromatic N) is 1. The molecule has 0 aromatic heterocycles. The molecule has 0 bridgehead atoms. The maximum atomic E-state index is 5.70. The van der Waals surface area contributed by atoms with Crippen LogP contribution in [0.1, 0.15) is 5.56 Å². The van der Waals surface area contributed by atoms with Gasteiger partial charge in [-0.05, 0) is 17.7 Å². The lowest BCUT2D eigenvalue weighted by Gasteiger charge is -2.23. The number of quaternary nitrogens is 1. The van der Waals surface area contributed by atoms with Crippen molar-refractivity contribution in [3.8, 4) is 5.75 Å². The molecular weight excluding hydrogens is 210 g/mol. The molecule has 0 N–H and O–H groups in total. The van der Waals surface area contributed by atoms with Gasteiger partial charge in [-0.25, -0.2) is 0 Å². The molecule has 1 rings (SSSR count). The zero-order valence-corrected chi connectivity index (χ0v) is 10.4. The summed E-state index contributed by atoms with van der Waals surface area (Å²) in [5, 5.41) is 0. The van der Waals surface area contributed by atoms with Gasteiger partial charge in [-0.1, -0.05) is 12.1 Å². The van der Waals surface area contributed by atoms with Gasteiger partial charge in [0.2, 0.25) is 0 Å². The molecule has 0 atom stereocenters. The van der Waals surface area contributed by atoms with Gasteiger partial charge in [0.25, 0.3) is 0 Å². The molecule has 0 spiro atoms. The van der Waals surface area contributed by atoms with Crippen LogP contribution in [0.5, 0.6) is 5.75 Å². The number of benzene rings is 1. The lowest BCUT2D eigenvalue weighted by atomic mass is 10.2. The normalized spacial score (nSPS) is 11.5. The fraction of sp³-hybridized carbons (Fsp3) is 0.500. The minimum Gasteiger partial charge on any atom is -0.488 e. The van der Waals surface area contributed by atoms with E-state index < -0.39 is 0 Å². The van der Waals surface area contributed by atoms with Gasteiger partial charge in [-0.2, -0.15) is 0 Å². The number of likely N-dealkylation sites (N-methyl/N-ethyl adjacent to an activating group) is 1. The van der Waals surface area contributed by atoms with Crippen LogP contribution < -0.4 is 4.74 Å². The summed E-state index contributed by atoms with van der Waals surface area (Å²) < 4.78 is 6.54. The Kier molecular flexibility index (Phi) is 4.43. The quantitative estimate of drug-likeness (QED) is 0.556. The van der Waals surface area contributed by atoms with E-state index >= 15 is 0 Å². The van der Waals surface area contributed by atoms with Crippen molar-refractivity contribution in [2.75, 3.05) is 34.3 Å². The Morgan fingerprint density at radius 2 is 1.73 bits per heavy atom. The molecule has 0 heterocycles. The monoisotopic (exact) mass is 228 g/mol. The van der Waals surface area contributed by atoms with Crippen LogP contribution in [0.3, 0.4) is 0 Å². The van der Waals surface area contributed by atoms with Crippen molar-refractivity contribution in [2.45, 2.75) is 5.88 Å². The van der Waals surface area contributed by atoms with Gasteiger partial charge in [-0.15, -0.1) is 11.6 Å². The molecule has 0 amide bonds. The second-order valence-corrected chi connectivity index (χ2v) is 4.91. The van der Waals surface area contributed by atoms with Crippen LogP contribution >= 0.6 is 11.6 Å². The van der Waals surface area contributed by atoms with Gasteiger partial charge in [0.05, 0.1) is 21.1 Å². The van der Waals surface area contributed by atoms with Gasteiger partial charge < -0.3 is 9.22 Å². The first kappa shape index (κ1) is 12.3. The predicted octanol–water partition coefficient (Wildman–Crippen LogP) is 2.51. The Morgan fingerprint density at radius 3 is 2.20 bits per heavy atom. The summed E-state index contributed by atoms with van der Waals surface area (Å²) in [6.07, 6.45) is 0. The number of alkyl halides is 1. The highest BCUT2D eigenvalue weighted by Crippen LogP contribution is 2.13. The van der Waals surface area contributed by atoms with Crippen LogP contribution in [0.15, 0.2) is 24.3 Å². The summed E-state index contributed by atoms with van der Waals surface area (Å²) in [7, 11) is 6.46. The Hall–Kier alpha value is -0.730. The highest BCUT2D eigenvalue weighted by atomic mass is 35.5. The largest absolute Gasteiger partial charge is 0.488 e.